The van der Waals surface area contributed by atoms with Crippen LogP contribution < -0.4 is 5.32 Å². The maximum Gasteiger partial charge on any atom is 0.223 e. The standard InChI is InChI=1S/C17H26N2O2/c1-13(2)16-11-19(15(12-20)10-18-16)17(21)9-8-14-6-4-3-5-7-14/h3-7,13,15-16,18,20H,8-12H2,1-2H3. The van der Waals surface area contributed by atoms with Crippen molar-refractivity contribution in [2.24, 2.45) is 5.92 Å². The minimum Gasteiger partial charge on any atom is -0.394 e. The van der Waals surface area contributed by atoms with E-state index in [1.807, 2.05) is 35.2 Å². The quantitative estimate of drug-likeness (QED) is 0.863. The monoisotopic (exact) mass is 290 g/mol. The number of nitrogens with one attached hydrogen (secondary N) is 1. The highest BCUT2D eigenvalue weighted by Gasteiger charge is 2.31. The summed E-state index contributed by atoms with van der Waals surface area (Å²) in [5.74, 6) is 0.624. The molecule has 2 atom stereocenters. The SMILES string of the molecule is CC(C)C1CN(C(=O)CCc2ccccc2)C(CO)CN1. The van der Waals surface area contributed by atoms with E-state index < -0.39 is 0 Å². The van der Waals surface area contributed by atoms with Gasteiger partial charge in [-0.3, -0.25) is 4.79 Å². The number of hydrogen-bond acceptors (Lipinski definition) is 3. The Labute approximate surface area is 127 Å². The average molecular weight is 290 g/mol. The summed E-state index contributed by atoms with van der Waals surface area (Å²) >= 11 is 0. The molecule has 1 fully saturated rings. The summed E-state index contributed by atoms with van der Waals surface area (Å²) in [6, 6.07) is 10.3. The molecule has 2 unspecified atom stereocenters. The topological polar surface area (TPSA) is 52.6 Å². The molecule has 0 saturated carbocycles. The Balaban J connectivity index is 1.94. The molecule has 0 spiro atoms. The number of hydrogen-bond donors (Lipinski definition) is 2. The van der Waals surface area contributed by atoms with E-state index in [0.29, 0.717) is 31.5 Å². The van der Waals surface area contributed by atoms with Crippen LogP contribution in [-0.4, -0.2) is 47.7 Å². The minimum absolute atomic E-state index is 0.0227. The Morgan fingerprint density at radius 2 is 2.10 bits per heavy atom. The van der Waals surface area contributed by atoms with E-state index >= 15 is 0 Å². The first-order valence-electron chi connectivity index (χ1n) is 7.79. The summed E-state index contributed by atoms with van der Waals surface area (Å²) in [4.78, 5) is 14.4. The molecule has 0 radical (unpaired) electrons. The molecule has 21 heavy (non-hydrogen) atoms. The van der Waals surface area contributed by atoms with E-state index in [4.69, 9.17) is 0 Å². The Morgan fingerprint density at radius 1 is 1.38 bits per heavy atom. The maximum absolute atomic E-state index is 12.5. The lowest BCUT2D eigenvalue weighted by molar-refractivity contribution is -0.136. The number of carbonyl (C=O) groups excluding carboxylic acids is 1. The van der Waals surface area contributed by atoms with E-state index in [-0.39, 0.29) is 18.6 Å². The number of carbonyl (C=O) groups is 1. The normalized spacial score (nSPS) is 22.6. The van der Waals surface area contributed by atoms with E-state index in [2.05, 4.69) is 19.2 Å². The summed E-state index contributed by atoms with van der Waals surface area (Å²) in [6.45, 7) is 5.70. The van der Waals surface area contributed by atoms with E-state index in [1.165, 1.54) is 5.56 Å². The molecule has 1 aliphatic rings. The van der Waals surface area contributed by atoms with Crippen LogP contribution >= 0.6 is 0 Å². The van der Waals surface area contributed by atoms with Crippen LogP contribution in [0.15, 0.2) is 30.3 Å². The zero-order chi connectivity index (χ0) is 15.2. The van der Waals surface area contributed by atoms with Gasteiger partial charge < -0.3 is 15.3 Å². The van der Waals surface area contributed by atoms with Crippen LogP contribution in [-0.2, 0) is 11.2 Å². The van der Waals surface area contributed by atoms with Crippen molar-refractivity contribution in [2.75, 3.05) is 19.7 Å². The molecule has 0 aromatic heterocycles. The van der Waals surface area contributed by atoms with Crippen molar-refractivity contribution in [1.82, 2.24) is 10.2 Å². The third kappa shape index (κ3) is 4.29. The highest BCUT2D eigenvalue weighted by molar-refractivity contribution is 5.77. The average Bonchev–Trinajstić information content (AvgIpc) is 2.52. The minimum atomic E-state index is -0.0942. The van der Waals surface area contributed by atoms with Gasteiger partial charge in [-0.1, -0.05) is 44.2 Å². The number of nitrogens with zero attached hydrogens (tertiary/aromatic N) is 1. The number of rotatable bonds is 5. The molecule has 2 rings (SSSR count). The van der Waals surface area contributed by atoms with Crippen molar-refractivity contribution in [3.8, 4) is 0 Å². The predicted molar refractivity (Wildman–Crippen MR) is 84.0 cm³/mol. The van der Waals surface area contributed by atoms with Crippen molar-refractivity contribution >= 4 is 5.91 Å². The van der Waals surface area contributed by atoms with Crippen molar-refractivity contribution < 1.29 is 9.90 Å². The van der Waals surface area contributed by atoms with Crippen molar-refractivity contribution in [2.45, 2.75) is 38.8 Å². The number of piperazine rings is 1. The summed E-state index contributed by atoms with van der Waals surface area (Å²) in [7, 11) is 0. The van der Waals surface area contributed by atoms with Gasteiger partial charge in [0.25, 0.3) is 0 Å². The first-order valence-corrected chi connectivity index (χ1v) is 7.79. The van der Waals surface area contributed by atoms with Crippen LogP contribution in [0.4, 0.5) is 0 Å². The van der Waals surface area contributed by atoms with Gasteiger partial charge in [-0.15, -0.1) is 0 Å². The molecule has 1 aliphatic heterocycles. The van der Waals surface area contributed by atoms with Crippen molar-refractivity contribution in [3.63, 3.8) is 0 Å². The summed E-state index contributed by atoms with van der Waals surface area (Å²) in [5, 5.41) is 12.9. The number of benzene rings is 1. The summed E-state index contributed by atoms with van der Waals surface area (Å²) in [5.41, 5.74) is 1.18. The van der Waals surface area contributed by atoms with Gasteiger partial charge in [0, 0.05) is 25.6 Å². The van der Waals surface area contributed by atoms with Gasteiger partial charge >= 0.3 is 0 Å². The van der Waals surface area contributed by atoms with Gasteiger partial charge in [0.15, 0.2) is 0 Å². The third-order valence-electron chi connectivity index (χ3n) is 4.26. The second kappa shape index (κ2) is 7.57. The molecule has 1 aromatic rings. The van der Waals surface area contributed by atoms with Gasteiger partial charge in [0.1, 0.15) is 0 Å². The van der Waals surface area contributed by atoms with Crippen LogP contribution in [0.25, 0.3) is 0 Å². The van der Waals surface area contributed by atoms with E-state index in [9.17, 15) is 9.90 Å². The first-order chi connectivity index (χ1) is 10.1. The molecule has 1 amide bonds. The number of aliphatic hydroxyl groups is 1. The second-order valence-corrected chi connectivity index (χ2v) is 6.13. The fourth-order valence-corrected chi connectivity index (χ4v) is 2.78. The molecule has 1 heterocycles. The molecule has 116 valence electrons. The third-order valence-corrected chi connectivity index (χ3v) is 4.26. The van der Waals surface area contributed by atoms with E-state index in [0.717, 1.165) is 6.42 Å². The molecule has 0 aliphatic carbocycles. The molecule has 1 aromatic carbocycles. The van der Waals surface area contributed by atoms with Crippen LogP contribution in [0.2, 0.25) is 0 Å². The second-order valence-electron chi connectivity index (χ2n) is 6.13. The van der Waals surface area contributed by atoms with Gasteiger partial charge in [-0.2, -0.15) is 0 Å². The van der Waals surface area contributed by atoms with Crippen molar-refractivity contribution in [3.05, 3.63) is 35.9 Å². The van der Waals surface area contributed by atoms with E-state index in [1.54, 1.807) is 0 Å². The molecular formula is C17H26N2O2. The maximum atomic E-state index is 12.5. The molecule has 1 saturated heterocycles. The Hall–Kier alpha value is -1.39. The predicted octanol–water partition coefficient (Wildman–Crippen LogP) is 1.44. The molecule has 4 heteroatoms. The first kappa shape index (κ1) is 16.0. The highest BCUT2D eigenvalue weighted by Crippen LogP contribution is 2.15. The van der Waals surface area contributed by atoms with Crippen LogP contribution in [0, 0.1) is 5.92 Å². The largest absolute Gasteiger partial charge is 0.394 e. The molecular weight excluding hydrogens is 264 g/mol. The number of amides is 1. The number of aliphatic hydroxyl groups excluding tert-OH is 1. The van der Waals surface area contributed by atoms with Crippen molar-refractivity contribution in [1.29, 1.82) is 0 Å². The summed E-state index contributed by atoms with van der Waals surface area (Å²) < 4.78 is 0. The van der Waals surface area contributed by atoms with Gasteiger partial charge in [0.05, 0.1) is 12.6 Å². The fourth-order valence-electron chi connectivity index (χ4n) is 2.78. The lowest BCUT2D eigenvalue weighted by atomic mass is 9.98. The van der Waals surface area contributed by atoms with Crippen LogP contribution in [0.5, 0.6) is 0 Å². The lowest BCUT2D eigenvalue weighted by Gasteiger charge is -2.41. The Bertz CT molecular complexity index is 447. The highest BCUT2D eigenvalue weighted by atomic mass is 16.3. The zero-order valence-corrected chi connectivity index (χ0v) is 13.0. The van der Waals surface area contributed by atoms with Gasteiger partial charge in [0.2, 0.25) is 5.91 Å². The smallest absolute Gasteiger partial charge is 0.223 e. The Morgan fingerprint density at radius 3 is 2.71 bits per heavy atom. The summed E-state index contributed by atoms with van der Waals surface area (Å²) in [6.07, 6.45) is 1.26. The van der Waals surface area contributed by atoms with Crippen LogP contribution in [0.1, 0.15) is 25.8 Å². The molecule has 0 bridgehead atoms. The molecule has 4 nitrogen and oxygen atoms in total. The van der Waals surface area contributed by atoms with Gasteiger partial charge in [-0.05, 0) is 17.9 Å². The van der Waals surface area contributed by atoms with Gasteiger partial charge in [-0.25, -0.2) is 0 Å². The van der Waals surface area contributed by atoms with Crippen LogP contribution in [0.3, 0.4) is 0 Å². The number of aryl methyl sites for hydroxylation is 1. The fraction of sp³-hybridized carbons (Fsp3) is 0.588. The molecule has 2 N–H and O–H groups in total. The zero-order valence-electron chi connectivity index (χ0n) is 13.0. The lowest BCUT2D eigenvalue weighted by Crippen LogP contribution is -2.60. The Kier molecular flexibility index (Phi) is 5.76.